The second-order valence-corrected chi connectivity index (χ2v) is 4.02. The van der Waals surface area contributed by atoms with Crippen LogP contribution >= 0.6 is 21.7 Å². The average molecular weight is 235 g/mol. The van der Waals surface area contributed by atoms with E-state index in [9.17, 15) is 0 Å². The Morgan fingerprint density at radius 3 is 2.50 bits per heavy atom. The van der Waals surface area contributed by atoms with E-state index < -0.39 is 0 Å². The first-order valence-corrected chi connectivity index (χ1v) is 6.33. The van der Waals surface area contributed by atoms with Crippen LogP contribution < -0.4 is 0 Å². The third-order valence-corrected chi connectivity index (χ3v) is 2.55. The van der Waals surface area contributed by atoms with Gasteiger partial charge in [-0.15, -0.1) is 0 Å². The Balaban J connectivity index is 2.82. The lowest BCUT2D eigenvalue weighted by Gasteiger charge is -2.02. The summed E-state index contributed by atoms with van der Waals surface area (Å²) in [5, 5.41) is 8.22. The lowest BCUT2D eigenvalue weighted by Crippen LogP contribution is -1.89. The van der Waals surface area contributed by atoms with Crippen molar-refractivity contribution in [2.75, 3.05) is 19.0 Å². The SMILES string of the molecule is N#CCCOPOCCCCCCS. The number of nitriles is 1. The number of nitrogens with zero attached hydrogens (tertiary/aromatic N) is 1. The minimum absolute atomic E-state index is 0.0881. The largest absolute Gasteiger partial charge is 0.336 e. The van der Waals surface area contributed by atoms with Crippen LogP contribution in [-0.2, 0) is 9.05 Å². The van der Waals surface area contributed by atoms with Gasteiger partial charge in [0.1, 0.15) is 0 Å². The van der Waals surface area contributed by atoms with E-state index in [1.807, 2.05) is 6.07 Å². The van der Waals surface area contributed by atoms with E-state index in [1.165, 1.54) is 19.3 Å². The van der Waals surface area contributed by atoms with Gasteiger partial charge in [-0.05, 0) is 18.6 Å². The second kappa shape index (κ2) is 13.2. The van der Waals surface area contributed by atoms with E-state index in [4.69, 9.17) is 14.3 Å². The predicted molar refractivity (Wildman–Crippen MR) is 62.8 cm³/mol. The summed E-state index contributed by atoms with van der Waals surface area (Å²) in [6.07, 6.45) is 5.14. The molecular weight excluding hydrogens is 217 g/mol. The summed E-state index contributed by atoms with van der Waals surface area (Å²) >= 11 is 4.14. The first-order chi connectivity index (χ1) is 6.91. The number of hydrogen-bond acceptors (Lipinski definition) is 4. The van der Waals surface area contributed by atoms with Crippen molar-refractivity contribution >= 4 is 21.7 Å². The Morgan fingerprint density at radius 2 is 1.79 bits per heavy atom. The van der Waals surface area contributed by atoms with Gasteiger partial charge in [0.25, 0.3) is 0 Å². The third-order valence-electron chi connectivity index (χ3n) is 1.59. The van der Waals surface area contributed by atoms with E-state index >= 15 is 0 Å². The van der Waals surface area contributed by atoms with Gasteiger partial charge in [0, 0.05) is 0 Å². The van der Waals surface area contributed by atoms with Crippen LogP contribution in [-0.4, -0.2) is 19.0 Å². The normalized spacial score (nSPS) is 10.9. The van der Waals surface area contributed by atoms with Crippen LogP contribution in [0.15, 0.2) is 0 Å². The molecular formula is C9H18NO2PS. The van der Waals surface area contributed by atoms with Crippen molar-refractivity contribution in [1.29, 1.82) is 5.26 Å². The van der Waals surface area contributed by atoms with Crippen LogP contribution in [0.5, 0.6) is 0 Å². The summed E-state index contributed by atoms with van der Waals surface area (Å²) in [6, 6.07) is 2.01. The van der Waals surface area contributed by atoms with Gasteiger partial charge in [-0.2, -0.15) is 17.9 Å². The van der Waals surface area contributed by atoms with Crippen LogP contribution in [0, 0.1) is 11.3 Å². The minimum atomic E-state index is 0.0881. The topological polar surface area (TPSA) is 42.2 Å². The summed E-state index contributed by atoms with van der Waals surface area (Å²) in [5.41, 5.74) is 0. The zero-order valence-corrected chi connectivity index (χ0v) is 10.3. The molecule has 3 nitrogen and oxygen atoms in total. The first-order valence-electron chi connectivity index (χ1n) is 4.88. The lowest BCUT2D eigenvalue weighted by atomic mass is 10.2. The highest BCUT2D eigenvalue weighted by atomic mass is 32.1. The summed E-state index contributed by atoms with van der Waals surface area (Å²) in [4.78, 5) is 0. The van der Waals surface area contributed by atoms with Crippen LogP contribution in [0.1, 0.15) is 32.1 Å². The van der Waals surface area contributed by atoms with Gasteiger partial charge in [-0.3, -0.25) is 0 Å². The Labute approximate surface area is 93.5 Å². The van der Waals surface area contributed by atoms with E-state index in [0.717, 1.165) is 18.8 Å². The van der Waals surface area contributed by atoms with Crippen molar-refractivity contribution < 1.29 is 9.05 Å². The van der Waals surface area contributed by atoms with Crippen molar-refractivity contribution in [3.63, 3.8) is 0 Å². The van der Waals surface area contributed by atoms with Crippen LogP contribution in [0.25, 0.3) is 0 Å². The van der Waals surface area contributed by atoms with Crippen LogP contribution in [0.4, 0.5) is 0 Å². The standard InChI is InChI=1S/C9H18NO2PS/c10-6-5-8-12-13-11-7-3-1-2-4-9-14/h13-14H,1-5,7-9H2. The Hall–Kier alpha value is 0.190. The van der Waals surface area contributed by atoms with Gasteiger partial charge in [-0.25, -0.2) is 0 Å². The molecule has 0 aliphatic rings. The molecule has 0 aliphatic carbocycles. The van der Waals surface area contributed by atoms with Crippen molar-refractivity contribution in [1.82, 2.24) is 0 Å². The summed E-state index contributed by atoms with van der Waals surface area (Å²) in [5.74, 6) is 0.972. The molecule has 0 aromatic carbocycles. The summed E-state index contributed by atoms with van der Waals surface area (Å²) in [6.45, 7) is 1.24. The number of unbranched alkanes of at least 4 members (excludes halogenated alkanes) is 3. The molecule has 0 radical (unpaired) electrons. The number of thiol groups is 1. The van der Waals surface area contributed by atoms with E-state index in [0.29, 0.717) is 13.0 Å². The first kappa shape index (κ1) is 14.2. The monoisotopic (exact) mass is 235 g/mol. The van der Waals surface area contributed by atoms with E-state index in [1.54, 1.807) is 0 Å². The molecule has 0 saturated carbocycles. The summed E-state index contributed by atoms with van der Waals surface area (Å²) < 4.78 is 10.3. The Morgan fingerprint density at radius 1 is 1.07 bits per heavy atom. The fraction of sp³-hybridized carbons (Fsp3) is 0.889. The maximum Gasteiger partial charge on any atom is 0.155 e. The Kier molecular flexibility index (Phi) is 13.4. The van der Waals surface area contributed by atoms with Gasteiger partial charge < -0.3 is 9.05 Å². The number of hydrogen-bond donors (Lipinski definition) is 1. The van der Waals surface area contributed by atoms with Gasteiger partial charge in [-0.1, -0.05) is 12.8 Å². The molecule has 0 N–H and O–H groups in total. The predicted octanol–water partition coefficient (Wildman–Crippen LogP) is 2.93. The molecule has 14 heavy (non-hydrogen) atoms. The molecule has 0 aliphatic heterocycles. The molecule has 0 bridgehead atoms. The molecule has 0 amide bonds. The average Bonchev–Trinajstić information content (AvgIpc) is 2.21. The van der Waals surface area contributed by atoms with Crippen molar-refractivity contribution in [3.8, 4) is 6.07 Å². The van der Waals surface area contributed by atoms with Crippen molar-refractivity contribution in [2.24, 2.45) is 0 Å². The molecule has 0 rings (SSSR count). The number of rotatable bonds is 10. The zero-order chi connectivity index (χ0) is 10.5. The maximum absolute atomic E-state index is 8.22. The van der Waals surface area contributed by atoms with Crippen LogP contribution in [0.2, 0.25) is 0 Å². The second-order valence-electron chi connectivity index (χ2n) is 2.83. The molecule has 1 atom stereocenters. The minimum Gasteiger partial charge on any atom is -0.336 e. The Bertz CT molecular complexity index is 152. The fourth-order valence-corrected chi connectivity index (χ4v) is 1.58. The molecule has 0 saturated heterocycles. The molecule has 82 valence electrons. The molecule has 0 heterocycles. The van der Waals surface area contributed by atoms with Crippen LogP contribution in [0.3, 0.4) is 0 Å². The summed E-state index contributed by atoms with van der Waals surface area (Å²) in [7, 11) is 0.0881. The van der Waals surface area contributed by atoms with E-state index in [-0.39, 0.29) is 9.03 Å². The molecule has 0 aromatic rings. The van der Waals surface area contributed by atoms with E-state index in [2.05, 4.69) is 12.6 Å². The van der Waals surface area contributed by atoms with Gasteiger partial charge in [0.2, 0.25) is 0 Å². The smallest absolute Gasteiger partial charge is 0.155 e. The third kappa shape index (κ3) is 12.2. The zero-order valence-electron chi connectivity index (χ0n) is 8.37. The van der Waals surface area contributed by atoms with Gasteiger partial charge in [0.05, 0.1) is 25.7 Å². The van der Waals surface area contributed by atoms with Crippen molar-refractivity contribution in [3.05, 3.63) is 0 Å². The van der Waals surface area contributed by atoms with Gasteiger partial charge in [0.15, 0.2) is 9.03 Å². The quantitative estimate of drug-likeness (QED) is 0.359. The lowest BCUT2D eigenvalue weighted by molar-refractivity contribution is 0.265. The molecule has 5 heteroatoms. The molecule has 0 fully saturated rings. The highest BCUT2D eigenvalue weighted by molar-refractivity contribution is 7.80. The maximum atomic E-state index is 8.22. The van der Waals surface area contributed by atoms with Crippen molar-refractivity contribution in [2.45, 2.75) is 32.1 Å². The highest BCUT2D eigenvalue weighted by Gasteiger charge is 1.91. The van der Waals surface area contributed by atoms with Gasteiger partial charge >= 0.3 is 0 Å². The fourth-order valence-electron chi connectivity index (χ4n) is 0.861. The molecule has 0 spiro atoms. The molecule has 0 aromatic heterocycles. The highest BCUT2D eigenvalue weighted by Crippen LogP contribution is 2.14. The molecule has 1 unspecified atom stereocenters.